The number of methoxy groups -OCH3 is 1. The van der Waals surface area contributed by atoms with Crippen LogP contribution in [0.3, 0.4) is 0 Å². The van der Waals surface area contributed by atoms with Gasteiger partial charge in [-0.1, -0.05) is 42.5 Å². The zero-order valence-corrected chi connectivity index (χ0v) is 18.3. The number of hydrogen-bond donors (Lipinski definition) is 1. The second kappa shape index (κ2) is 10.7. The van der Waals surface area contributed by atoms with E-state index < -0.39 is 16.1 Å². The Bertz CT molecular complexity index is 945. The number of piperidine rings is 1. The molecule has 9 heteroatoms. The van der Waals surface area contributed by atoms with Crippen LogP contribution in [0.4, 0.5) is 0 Å². The molecule has 1 aliphatic rings. The van der Waals surface area contributed by atoms with Crippen LogP contribution in [0.5, 0.6) is 5.75 Å². The molecular formula is C22H28N2O6S. The fraction of sp³-hybridized carbons (Fsp3) is 0.409. The molecule has 0 aromatic heterocycles. The van der Waals surface area contributed by atoms with E-state index in [9.17, 15) is 18.4 Å². The molecular weight excluding hydrogens is 420 g/mol. The minimum atomic E-state index is -3.68. The summed E-state index contributed by atoms with van der Waals surface area (Å²) in [4.78, 5) is 11.1. The standard InChI is InChI=1S/C22H28N2O6S/c1-29-21-9-5-6-18(14-21)15-30-20-10-12-23(13-11-20)31(27,28)16-22(24(26)17-25)19-7-3-2-4-8-19/h2-9,14,17,20,22,26H,10-13,15-16H2,1H3. The van der Waals surface area contributed by atoms with Crippen LogP contribution >= 0.6 is 0 Å². The summed E-state index contributed by atoms with van der Waals surface area (Å²) in [5.41, 5.74) is 1.55. The van der Waals surface area contributed by atoms with Gasteiger partial charge in [0.25, 0.3) is 0 Å². The first-order chi connectivity index (χ1) is 14.9. The number of carbonyl (C=O) groups is 1. The van der Waals surface area contributed by atoms with Crippen molar-refractivity contribution in [2.75, 3.05) is 26.0 Å². The van der Waals surface area contributed by atoms with Crippen molar-refractivity contribution < 1.29 is 27.9 Å². The SMILES string of the molecule is COc1cccc(COC2CCN(S(=O)(=O)CC(c3ccccc3)N(O)C=O)CC2)c1. The van der Waals surface area contributed by atoms with Crippen LogP contribution in [0.25, 0.3) is 0 Å². The summed E-state index contributed by atoms with van der Waals surface area (Å²) in [5.74, 6) is 0.380. The zero-order chi connectivity index (χ0) is 22.3. The van der Waals surface area contributed by atoms with E-state index in [1.807, 2.05) is 24.3 Å². The van der Waals surface area contributed by atoms with E-state index in [0.717, 1.165) is 11.3 Å². The average Bonchev–Trinajstić information content (AvgIpc) is 2.81. The Morgan fingerprint density at radius 2 is 1.87 bits per heavy atom. The third-order valence-corrected chi connectivity index (χ3v) is 7.28. The molecule has 0 radical (unpaired) electrons. The van der Waals surface area contributed by atoms with Crippen molar-refractivity contribution in [2.24, 2.45) is 0 Å². The fourth-order valence-corrected chi connectivity index (χ4v) is 5.35. The number of nitrogens with zero attached hydrogens (tertiary/aromatic N) is 2. The monoisotopic (exact) mass is 448 g/mol. The van der Waals surface area contributed by atoms with Gasteiger partial charge in [-0.2, -0.15) is 0 Å². The molecule has 2 aromatic carbocycles. The Morgan fingerprint density at radius 1 is 1.16 bits per heavy atom. The van der Waals surface area contributed by atoms with Crippen molar-refractivity contribution in [1.82, 2.24) is 9.37 Å². The lowest BCUT2D eigenvalue weighted by molar-refractivity contribution is -0.159. The van der Waals surface area contributed by atoms with E-state index in [2.05, 4.69) is 0 Å². The second-order valence-electron chi connectivity index (χ2n) is 7.45. The zero-order valence-electron chi connectivity index (χ0n) is 17.5. The van der Waals surface area contributed by atoms with Gasteiger partial charge in [-0.25, -0.2) is 17.8 Å². The molecule has 1 amide bonds. The molecule has 1 atom stereocenters. The largest absolute Gasteiger partial charge is 0.497 e. The lowest BCUT2D eigenvalue weighted by atomic mass is 10.1. The Morgan fingerprint density at radius 3 is 2.52 bits per heavy atom. The van der Waals surface area contributed by atoms with Gasteiger partial charge in [0.1, 0.15) is 5.75 Å². The van der Waals surface area contributed by atoms with Crippen LogP contribution in [-0.2, 0) is 26.2 Å². The number of hydrogen-bond acceptors (Lipinski definition) is 6. The average molecular weight is 449 g/mol. The Labute approximate surface area is 183 Å². The predicted octanol–water partition coefficient (Wildman–Crippen LogP) is 2.59. The number of ether oxygens (including phenoxy) is 2. The summed E-state index contributed by atoms with van der Waals surface area (Å²) in [6.07, 6.45) is 1.35. The van der Waals surface area contributed by atoms with E-state index in [0.29, 0.717) is 43.2 Å². The molecule has 1 unspecified atom stereocenters. The van der Waals surface area contributed by atoms with Gasteiger partial charge in [0.2, 0.25) is 16.4 Å². The van der Waals surface area contributed by atoms with Crippen molar-refractivity contribution in [3.05, 3.63) is 65.7 Å². The smallest absolute Gasteiger partial charge is 0.233 e. The number of hydroxylamine groups is 2. The Kier molecular flexibility index (Phi) is 8.03. The lowest BCUT2D eigenvalue weighted by Gasteiger charge is -2.33. The quantitative estimate of drug-likeness (QED) is 0.341. The van der Waals surface area contributed by atoms with Crippen molar-refractivity contribution in [3.63, 3.8) is 0 Å². The van der Waals surface area contributed by atoms with Crippen molar-refractivity contribution in [1.29, 1.82) is 0 Å². The summed E-state index contributed by atoms with van der Waals surface area (Å²) < 4.78 is 38.5. The topological polar surface area (TPSA) is 96.4 Å². The molecule has 1 saturated heterocycles. The van der Waals surface area contributed by atoms with E-state index in [4.69, 9.17) is 9.47 Å². The van der Waals surface area contributed by atoms with Gasteiger partial charge in [-0.05, 0) is 36.1 Å². The molecule has 0 spiro atoms. The minimum Gasteiger partial charge on any atom is -0.497 e. The molecule has 1 aliphatic heterocycles. The highest BCUT2D eigenvalue weighted by molar-refractivity contribution is 7.89. The van der Waals surface area contributed by atoms with Crippen molar-refractivity contribution >= 4 is 16.4 Å². The third kappa shape index (κ3) is 6.27. The maximum Gasteiger partial charge on any atom is 0.233 e. The van der Waals surface area contributed by atoms with E-state index in [-0.39, 0.29) is 18.3 Å². The Balaban J connectivity index is 1.56. The number of rotatable bonds is 10. The predicted molar refractivity (Wildman–Crippen MR) is 115 cm³/mol. The summed E-state index contributed by atoms with van der Waals surface area (Å²) in [5, 5.41) is 10.4. The Hall–Kier alpha value is -2.46. The van der Waals surface area contributed by atoms with Gasteiger partial charge >= 0.3 is 0 Å². The minimum absolute atomic E-state index is 0.0353. The first kappa shape index (κ1) is 23.2. The van der Waals surface area contributed by atoms with Crippen LogP contribution < -0.4 is 4.74 Å². The summed E-state index contributed by atoms with van der Waals surface area (Å²) in [6, 6.07) is 15.3. The van der Waals surface area contributed by atoms with Crippen molar-refractivity contribution in [3.8, 4) is 5.75 Å². The molecule has 2 aromatic rings. The summed E-state index contributed by atoms with van der Waals surface area (Å²) in [6.45, 7) is 1.10. The highest BCUT2D eigenvalue weighted by atomic mass is 32.2. The molecule has 3 rings (SSSR count). The summed E-state index contributed by atoms with van der Waals surface area (Å²) in [7, 11) is -2.07. The van der Waals surface area contributed by atoms with Crippen LogP contribution in [0.2, 0.25) is 0 Å². The van der Waals surface area contributed by atoms with Crippen LogP contribution in [0.1, 0.15) is 30.0 Å². The van der Waals surface area contributed by atoms with Gasteiger partial charge in [0.05, 0.1) is 31.6 Å². The maximum absolute atomic E-state index is 13.0. The number of benzene rings is 2. The van der Waals surface area contributed by atoms with Gasteiger partial charge in [0, 0.05) is 13.1 Å². The van der Waals surface area contributed by atoms with Gasteiger partial charge in [-0.15, -0.1) is 0 Å². The van der Waals surface area contributed by atoms with Gasteiger partial charge in [0.15, 0.2) is 0 Å². The molecule has 0 bridgehead atoms. The molecule has 31 heavy (non-hydrogen) atoms. The first-order valence-corrected chi connectivity index (χ1v) is 11.7. The molecule has 0 saturated carbocycles. The lowest BCUT2D eigenvalue weighted by Crippen LogP contribution is -2.44. The number of carbonyl (C=O) groups excluding carboxylic acids is 1. The molecule has 0 aliphatic carbocycles. The number of amides is 1. The van der Waals surface area contributed by atoms with Crippen molar-refractivity contribution in [2.45, 2.75) is 31.6 Å². The maximum atomic E-state index is 13.0. The molecule has 8 nitrogen and oxygen atoms in total. The van der Waals surface area contributed by atoms with E-state index >= 15 is 0 Å². The second-order valence-corrected chi connectivity index (χ2v) is 9.46. The highest BCUT2D eigenvalue weighted by Crippen LogP contribution is 2.25. The molecule has 1 fully saturated rings. The van der Waals surface area contributed by atoms with Gasteiger partial charge < -0.3 is 9.47 Å². The highest BCUT2D eigenvalue weighted by Gasteiger charge is 2.33. The molecule has 1 heterocycles. The van der Waals surface area contributed by atoms with E-state index in [1.165, 1.54) is 4.31 Å². The normalized spacial score (nSPS) is 16.6. The van der Waals surface area contributed by atoms with Gasteiger partial charge in [-0.3, -0.25) is 10.0 Å². The molecule has 168 valence electrons. The fourth-order valence-electron chi connectivity index (χ4n) is 3.63. The summed E-state index contributed by atoms with van der Waals surface area (Å²) >= 11 is 0. The van der Waals surface area contributed by atoms with E-state index in [1.54, 1.807) is 37.4 Å². The number of sulfonamides is 1. The van der Waals surface area contributed by atoms with Crippen LogP contribution in [0, 0.1) is 0 Å². The van der Waals surface area contributed by atoms with Crippen LogP contribution in [0.15, 0.2) is 54.6 Å². The third-order valence-electron chi connectivity index (χ3n) is 5.39. The molecule has 1 N–H and O–H groups in total. The van der Waals surface area contributed by atoms with Crippen LogP contribution in [-0.4, -0.2) is 61.5 Å². The first-order valence-electron chi connectivity index (χ1n) is 10.1.